The monoisotopic (exact) mass is 188 g/mol. The van der Waals surface area contributed by atoms with Crippen molar-refractivity contribution in [1.29, 1.82) is 0 Å². The number of benzene rings is 1. The fourth-order valence-electron chi connectivity index (χ4n) is 1.32. The van der Waals surface area contributed by atoms with Gasteiger partial charge in [-0.1, -0.05) is 6.07 Å². The fourth-order valence-corrected chi connectivity index (χ4v) is 1.32. The minimum Gasteiger partial charge on any atom is -0.267 e. The van der Waals surface area contributed by atoms with E-state index in [1.165, 1.54) is 6.07 Å². The molecule has 5 nitrogen and oxygen atoms in total. The summed E-state index contributed by atoms with van der Waals surface area (Å²) in [5.41, 5.74) is -0.482. The van der Waals surface area contributed by atoms with Gasteiger partial charge in [-0.15, -0.1) is 0 Å². The first-order valence-electron chi connectivity index (χ1n) is 3.88. The van der Waals surface area contributed by atoms with E-state index in [0.717, 1.165) is 0 Å². The lowest BCUT2D eigenvalue weighted by Gasteiger charge is -1.91. The van der Waals surface area contributed by atoms with Crippen molar-refractivity contribution in [3.05, 3.63) is 43.8 Å². The Morgan fingerprint density at radius 1 is 1.14 bits per heavy atom. The van der Waals surface area contributed by atoms with Crippen LogP contribution in [0.5, 0.6) is 0 Å². The average molecular weight is 188 g/mol. The molecule has 0 spiro atoms. The number of hydrogen-bond acceptors (Lipinski definition) is 2. The molecule has 14 heavy (non-hydrogen) atoms. The lowest BCUT2D eigenvalue weighted by molar-refractivity contribution is 0.977. The Balaban J connectivity index is 3.18. The zero-order chi connectivity index (χ0) is 10.1. The molecule has 5 heteroatoms. The number of nitrogens with zero attached hydrogens (tertiary/aromatic N) is 1. The predicted molar refractivity (Wildman–Crippen MR) is 53.2 cm³/mol. The van der Waals surface area contributed by atoms with Gasteiger partial charge in [-0.25, -0.2) is 0 Å². The summed E-state index contributed by atoms with van der Waals surface area (Å²) in [6, 6.07) is 4.72. The Kier molecular flexibility index (Phi) is 1.68. The summed E-state index contributed by atoms with van der Waals surface area (Å²) >= 11 is 0. The van der Waals surface area contributed by atoms with Crippen molar-refractivity contribution >= 4 is 16.5 Å². The van der Waals surface area contributed by atoms with Gasteiger partial charge in [0.25, 0.3) is 17.7 Å². The standard InChI is InChI=1S/C9H5N3O2/c1-10-6-4-2-3-5-7(6)9(14)12-11-8(5)13/h1-4H,(H-,11,12,13,14)/p+1. The summed E-state index contributed by atoms with van der Waals surface area (Å²) in [5.74, 6) is 0. The normalized spacial score (nSPS) is 9.93. The number of aromatic nitrogens is 2. The third-order valence-electron chi connectivity index (χ3n) is 1.94. The minimum atomic E-state index is -0.413. The molecule has 2 rings (SSSR count). The third-order valence-corrected chi connectivity index (χ3v) is 1.94. The average Bonchev–Trinajstić information content (AvgIpc) is 2.23. The molecule has 68 valence electrons. The molecule has 0 unspecified atom stereocenters. The molecule has 1 heterocycles. The molecule has 0 saturated carbocycles. The zero-order valence-corrected chi connectivity index (χ0v) is 7.07. The van der Waals surface area contributed by atoms with E-state index in [-0.39, 0.29) is 16.3 Å². The summed E-state index contributed by atoms with van der Waals surface area (Å²) in [6.45, 7) is 5.09. The topological polar surface area (TPSA) is 70.1 Å². The van der Waals surface area contributed by atoms with E-state index in [2.05, 4.69) is 15.0 Å². The van der Waals surface area contributed by atoms with Gasteiger partial charge in [0, 0.05) is 6.07 Å². The number of aromatic amines is 2. The highest BCUT2D eigenvalue weighted by Crippen LogP contribution is 2.19. The van der Waals surface area contributed by atoms with Crippen molar-refractivity contribution in [2.45, 2.75) is 0 Å². The molecular weight excluding hydrogens is 182 g/mol. The van der Waals surface area contributed by atoms with Gasteiger partial charge >= 0.3 is 5.69 Å². The fraction of sp³-hybridized carbons (Fsp3) is 0. The Morgan fingerprint density at radius 2 is 1.86 bits per heavy atom. The molecule has 0 aliphatic rings. The first-order chi connectivity index (χ1) is 6.74. The maximum absolute atomic E-state index is 11.4. The maximum Gasteiger partial charge on any atom is 0.353 e. The molecule has 1 aromatic carbocycles. The summed E-state index contributed by atoms with van der Waals surface area (Å²) in [7, 11) is 0. The van der Waals surface area contributed by atoms with Gasteiger partial charge in [-0.05, 0) is 10.9 Å². The highest BCUT2D eigenvalue weighted by molar-refractivity contribution is 5.92. The lowest BCUT2D eigenvalue weighted by atomic mass is 10.1. The van der Waals surface area contributed by atoms with Gasteiger partial charge in [0.05, 0.1) is 5.39 Å². The summed E-state index contributed by atoms with van der Waals surface area (Å²) in [5, 5.41) is 4.91. The molecule has 0 fully saturated rings. The summed E-state index contributed by atoms with van der Waals surface area (Å²) in [6.07, 6.45) is 0. The van der Waals surface area contributed by atoms with Crippen molar-refractivity contribution in [2.75, 3.05) is 0 Å². The molecule has 0 radical (unpaired) electrons. The molecule has 1 aromatic heterocycles. The van der Waals surface area contributed by atoms with Gasteiger partial charge in [0.15, 0.2) is 0 Å². The van der Waals surface area contributed by atoms with Crippen molar-refractivity contribution in [3.8, 4) is 6.57 Å². The van der Waals surface area contributed by atoms with E-state index >= 15 is 0 Å². The molecular formula is C9H6N3O2+. The van der Waals surface area contributed by atoms with Gasteiger partial charge in [0.2, 0.25) is 0 Å². The molecule has 0 aliphatic heterocycles. The van der Waals surface area contributed by atoms with E-state index in [0.29, 0.717) is 5.69 Å². The first-order valence-corrected chi connectivity index (χ1v) is 3.88. The lowest BCUT2D eigenvalue weighted by Crippen LogP contribution is -2.18. The Morgan fingerprint density at radius 3 is 2.57 bits per heavy atom. The van der Waals surface area contributed by atoms with Gasteiger partial charge < -0.3 is 0 Å². The second-order valence-corrected chi connectivity index (χ2v) is 2.74. The van der Waals surface area contributed by atoms with Crippen LogP contribution in [0.1, 0.15) is 0 Å². The minimum absolute atomic E-state index is 0.207. The van der Waals surface area contributed by atoms with E-state index in [9.17, 15) is 9.59 Å². The second-order valence-electron chi connectivity index (χ2n) is 2.74. The number of rotatable bonds is 0. The van der Waals surface area contributed by atoms with E-state index in [1.54, 1.807) is 12.1 Å². The Labute approximate surface area is 77.8 Å². The zero-order valence-electron chi connectivity index (χ0n) is 7.07. The second kappa shape index (κ2) is 2.85. The van der Waals surface area contributed by atoms with Crippen LogP contribution in [0.25, 0.3) is 15.6 Å². The number of fused-ring (bicyclic) bond motifs is 1. The molecule has 0 saturated heterocycles. The maximum atomic E-state index is 11.4. The van der Waals surface area contributed by atoms with Crippen LogP contribution in [0, 0.1) is 6.57 Å². The highest BCUT2D eigenvalue weighted by atomic mass is 16.1. The molecule has 2 N–H and O–H groups in total. The van der Waals surface area contributed by atoms with Crippen molar-refractivity contribution < 1.29 is 0 Å². The number of H-pyrrole nitrogens is 2. The quantitative estimate of drug-likeness (QED) is 0.642. The smallest absolute Gasteiger partial charge is 0.267 e. The third kappa shape index (κ3) is 1.02. The van der Waals surface area contributed by atoms with Crippen LogP contribution in [0.4, 0.5) is 5.69 Å². The van der Waals surface area contributed by atoms with Crippen molar-refractivity contribution in [3.63, 3.8) is 0 Å². The Hall–Kier alpha value is -2.35. The molecule has 0 amide bonds. The molecule has 2 aromatic rings. The van der Waals surface area contributed by atoms with Crippen LogP contribution in [-0.2, 0) is 0 Å². The number of hydrogen-bond donors (Lipinski definition) is 2. The van der Waals surface area contributed by atoms with Crippen molar-refractivity contribution in [2.24, 2.45) is 0 Å². The van der Waals surface area contributed by atoms with Crippen LogP contribution in [-0.4, -0.2) is 10.2 Å². The van der Waals surface area contributed by atoms with Crippen LogP contribution in [0.15, 0.2) is 27.8 Å². The van der Waals surface area contributed by atoms with Crippen LogP contribution < -0.4 is 11.1 Å². The van der Waals surface area contributed by atoms with Crippen molar-refractivity contribution in [1.82, 2.24) is 10.2 Å². The first kappa shape index (κ1) is 8.26. The van der Waals surface area contributed by atoms with Crippen LogP contribution in [0.2, 0.25) is 0 Å². The van der Waals surface area contributed by atoms with E-state index < -0.39 is 5.56 Å². The van der Waals surface area contributed by atoms with E-state index in [4.69, 9.17) is 6.57 Å². The summed E-state index contributed by atoms with van der Waals surface area (Å²) in [4.78, 5) is 26.1. The van der Waals surface area contributed by atoms with Gasteiger partial charge in [-0.2, -0.15) is 0 Å². The highest BCUT2D eigenvalue weighted by Gasteiger charge is 2.13. The SMILES string of the molecule is C#[N+]c1cccc2c(=O)[nH][nH]c(=O)c12. The number of nitrogens with one attached hydrogen (secondary N) is 2. The molecule has 0 aliphatic carbocycles. The van der Waals surface area contributed by atoms with Crippen LogP contribution >= 0.6 is 0 Å². The van der Waals surface area contributed by atoms with Crippen LogP contribution in [0.3, 0.4) is 0 Å². The summed E-state index contributed by atoms with van der Waals surface area (Å²) < 4.78 is 0. The predicted octanol–water partition coefficient (Wildman–Crippen LogP) is 0.811. The Bertz CT molecular complexity index is 645. The molecule has 0 atom stereocenters. The largest absolute Gasteiger partial charge is 0.353 e. The van der Waals surface area contributed by atoms with E-state index in [1.807, 2.05) is 0 Å². The molecule has 0 bridgehead atoms. The van der Waals surface area contributed by atoms with Gasteiger partial charge in [-0.3, -0.25) is 19.8 Å². The van der Waals surface area contributed by atoms with Gasteiger partial charge in [0.1, 0.15) is 5.39 Å².